The fourth-order valence-electron chi connectivity index (χ4n) is 2.42. The van der Waals surface area contributed by atoms with Gasteiger partial charge in [-0.3, -0.25) is 4.79 Å². The van der Waals surface area contributed by atoms with Crippen molar-refractivity contribution in [3.05, 3.63) is 59.7 Å². The van der Waals surface area contributed by atoms with E-state index in [2.05, 4.69) is 15.6 Å². The molecule has 0 aliphatic carbocycles. The van der Waals surface area contributed by atoms with Crippen LogP contribution in [0.4, 0.5) is 11.4 Å². The number of benzene rings is 2. The lowest BCUT2D eigenvalue weighted by Gasteiger charge is -2.09. The summed E-state index contributed by atoms with van der Waals surface area (Å²) in [7, 11) is 0. The van der Waals surface area contributed by atoms with Gasteiger partial charge in [0, 0.05) is 17.8 Å². The Balaban J connectivity index is 0.00000338. The smallest absolute Gasteiger partial charge is 0.224 e. The summed E-state index contributed by atoms with van der Waals surface area (Å²) >= 11 is 0. The Morgan fingerprint density at radius 1 is 1.08 bits per heavy atom. The fraction of sp³-hybridized carbons (Fsp3) is 0.300. The van der Waals surface area contributed by atoms with Crippen LogP contribution in [0.2, 0.25) is 0 Å². The maximum atomic E-state index is 11.9. The van der Waals surface area contributed by atoms with Gasteiger partial charge in [0.2, 0.25) is 5.91 Å². The van der Waals surface area contributed by atoms with E-state index in [1.54, 1.807) is 0 Å². The zero-order valence-electron chi connectivity index (χ0n) is 15.5. The largest absolute Gasteiger partial charge is 0.370 e. The second kappa shape index (κ2) is 10.8. The van der Waals surface area contributed by atoms with Gasteiger partial charge in [-0.15, -0.1) is 24.0 Å². The highest BCUT2D eigenvalue weighted by molar-refractivity contribution is 14.0. The lowest BCUT2D eigenvalue weighted by Crippen LogP contribution is -2.22. The van der Waals surface area contributed by atoms with Crippen LogP contribution in [0.5, 0.6) is 0 Å². The number of aryl methyl sites for hydroxylation is 1. The molecule has 0 bridgehead atoms. The molecular formula is C20H27IN4O. The number of rotatable bonds is 6. The van der Waals surface area contributed by atoms with Crippen molar-refractivity contribution < 1.29 is 4.79 Å². The summed E-state index contributed by atoms with van der Waals surface area (Å²) in [6, 6.07) is 15.6. The molecule has 0 aliphatic heterocycles. The van der Waals surface area contributed by atoms with Crippen LogP contribution in [0.3, 0.4) is 0 Å². The van der Waals surface area contributed by atoms with E-state index in [0.717, 1.165) is 22.5 Å². The third-order valence-electron chi connectivity index (χ3n) is 3.53. The number of anilines is 2. The number of carbonyl (C=O) groups is 1. The van der Waals surface area contributed by atoms with Gasteiger partial charge in [-0.2, -0.15) is 0 Å². The minimum absolute atomic E-state index is 0. The molecular weight excluding hydrogens is 439 g/mol. The first-order chi connectivity index (χ1) is 11.9. The topological polar surface area (TPSA) is 79.5 Å². The first kappa shape index (κ1) is 22.0. The zero-order chi connectivity index (χ0) is 18.2. The maximum absolute atomic E-state index is 11.9. The maximum Gasteiger partial charge on any atom is 0.224 e. The molecule has 0 saturated heterocycles. The van der Waals surface area contributed by atoms with E-state index in [1.165, 1.54) is 0 Å². The van der Waals surface area contributed by atoms with E-state index in [0.29, 0.717) is 24.8 Å². The number of hydrogen-bond donors (Lipinski definition) is 3. The predicted octanol–water partition coefficient (Wildman–Crippen LogP) is 4.52. The zero-order valence-corrected chi connectivity index (χ0v) is 17.8. The Kier molecular flexibility index (Phi) is 9.12. The molecule has 4 N–H and O–H groups in total. The molecule has 2 aromatic rings. The van der Waals surface area contributed by atoms with E-state index < -0.39 is 0 Å². The van der Waals surface area contributed by atoms with Gasteiger partial charge in [0.05, 0.1) is 6.54 Å². The van der Waals surface area contributed by atoms with Crippen LogP contribution in [-0.4, -0.2) is 11.9 Å². The summed E-state index contributed by atoms with van der Waals surface area (Å²) in [5.74, 6) is 0.719. The summed E-state index contributed by atoms with van der Waals surface area (Å²) < 4.78 is 0. The molecule has 6 heteroatoms. The SMILES string of the molecule is Cc1cccc(NC(N)=NCc2cccc(NC(=O)CC(C)C)c2)c1.I. The minimum atomic E-state index is 0. The van der Waals surface area contributed by atoms with Crippen molar-refractivity contribution in [3.63, 3.8) is 0 Å². The molecule has 0 saturated carbocycles. The summed E-state index contributed by atoms with van der Waals surface area (Å²) in [5, 5.41) is 5.99. The van der Waals surface area contributed by atoms with Crippen molar-refractivity contribution in [1.29, 1.82) is 0 Å². The number of guanidine groups is 1. The lowest BCUT2D eigenvalue weighted by molar-refractivity contribution is -0.116. The number of nitrogens with one attached hydrogen (secondary N) is 2. The van der Waals surface area contributed by atoms with Gasteiger partial charge in [-0.05, 0) is 48.2 Å². The van der Waals surface area contributed by atoms with Crippen LogP contribution >= 0.6 is 24.0 Å². The molecule has 0 atom stereocenters. The highest BCUT2D eigenvalue weighted by atomic mass is 127. The van der Waals surface area contributed by atoms with Crippen LogP contribution in [0.25, 0.3) is 0 Å². The summed E-state index contributed by atoms with van der Waals surface area (Å²) in [4.78, 5) is 16.2. The first-order valence-electron chi connectivity index (χ1n) is 8.45. The third kappa shape index (κ3) is 7.86. The van der Waals surface area contributed by atoms with Crippen LogP contribution in [0.1, 0.15) is 31.4 Å². The Bertz CT molecular complexity index is 759. The molecule has 5 nitrogen and oxygen atoms in total. The number of hydrogen-bond acceptors (Lipinski definition) is 2. The molecule has 2 aromatic carbocycles. The molecule has 26 heavy (non-hydrogen) atoms. The number of aliphatic imine (C=N–C) groups is 1. The standard InChI is InChI=1S/C20H26N4O.HI/c1-14(2)10-19(25)23-18-9-5-7-16(12-18)13-22-20(21)24-17-8-4-6-15(3)11-17;/h4-9,11-12,14H,10,13H2,1-3H3,(H,23,25)(H3,21,22,24);1H. The fourth-order valence-corrected chi connectivity index (χ4v) is 2.42. The van der Waals surface area contributed by atoms with Crippen LogP contribution in [-0.2, 0) is 11.3 Å². The molecule has 0 spiro atoms. The minimum Gasteiger partial charge on any atom is -0.370 e. The highest BCUT2D eigenvalue weighted by Crippen LogP contribution is 2.13. The normalized spacial score (nSPS) is 11.0. The van der Waals surface area contributed by atoms with Gasteiger partial charge in [-0.1, -0.05) is 38.1 Å². The van der Waals surface area contributed by atoms with E-state index in [4.69, 9.17) is 5.73 Å². The van der Waals surface area contributed by atoms with Crippen molar-refractivity contribution in [1.82, 2.24) is 0 Å². The number of carbonyl (C=O) groups excluding carboxylic acids is 1. The Labute approximate surface area is 172 Å². The second-order valence-corrected chi connectivity index (χ2v) is 6.54. The molecule has 140 valence electrons. The van der Waals surface area contributed by atoms with Crippen molar-refractivity contribution in [2.45, 2.75) is 33.7 Å². The second-order valence-electron chi connectivity index (χ2n) is 6.54. The molecule has 0 aromatic heterocycles. The molecule has 2 rings (SSSR count). The van der Waals surface area contributed by atoms with E-state index in [9.17, 15) is 4.79 Å². The average Bonchev–Trinajstić information content (AvgIpc) is 2.52. The number of nitrogens with zero attached hydrogens (tertiary/aromatic N) is 1. The molecule has 0 unspecified atom stereocenters. The molecule has 0 fully saturated rings. The monoisotopic (exact) mass is 466 g/mol. The Morgan fingerprint density at radius 3 is 2.38 bits per heavy atom. The van der Waals surface area contributed by atoms with Gasteiger partial charge < -0.3 is 16.4 Å². The lowest BCUT2D eigenvalue weighted by atomic mass is 10.1. The van der Waals surface area contributed by atoms with E-state index >= 15 is 0 Å². The predicted molar refractivity (Wildman–Crippen MR) is 120 cm³/mol. The highest BCUT2D eigenvalue weighted by Gasteiger charge is 2.05. The van der Waals surface area contributed by atoms with Gasteiger partial charge in [-0.25, -0.2) is 4.99 Å². The number of halogens is 1. The summed E-state index contributed by atoms with van der Waals surface area (Å²) in [5.41, 5.74) is 9.78. The van der Waals surface area contributed by atoms with Crippen LogP contribution in [0.15, 0.2) is 53.5 Å². The van der Waals surface area contributed by atoms with Crippen molar-refractivity contribution in [2.24, 2.45) is 16.6 Å². The molecule has 0 heterocycles. The van der Waals surface area contributed by atoms with Crippen LogP contribution < -0.4 is 16.4 Å². The van der Waals surface area contributed by atoms with Crippen molar-refractivity contribution in [2.75, 3.05) is 10.6 Å². The number of nitrogens with two attached hydrogens (primary N) is 1. The Morgan fingerprint density at radius 2 is 1.73 bits per heavy atom. The first-order valence-corrected chi connectivity index (χ1v) is 8.45. The molecule has 0 radical (unpaired) electrons. The number of amides is 1. The van der Waals surface area contributed by atoms with Crippen LogP contribution in [0, 0.1) is 12.8 Å². The average molecular weight is 466 g/mol. The molecule has 1 amide bonds. The summed E-state index contributed by atoms with van der Waals surface area (Å²) in [6.45, 7) is 6.51. The van der Waals surface area contributed by atoms with E-state index in [1.807, 2.05) is 69.3 Å². The molecule has 0 aliphatic rings. The van der Waals surface area contributed by atoms with Crippen molar-refractivity contribution in [3.8, 4) is 0 Å². The van der Waals surface area contributed by atoms with Crippen molar-refractivity contribution >= 4 is 47.2 Å². The van der Waals surface area contributed by atoms with Gasteiger partial charge in [0.25, 0.3) is 0 Å². The van der Waals surface area contributed by atoms with Gasteiger partial charge in [0.1, 0.15) is 0 Å². The van der Waals surface area contributed by atoms with Gasteiger partial charge in [0.15, 0.2) is 5.96 Å². The van der Waals surface area contributed by atoms with Gasteiger partial charge >= 0.3 is 0 Å². The summed E-state index contributed by atoms with van der Waals surface area (Å²) in [6.07, 6.45) is 0.510. The quantitative estimate of drug-likeness (QED) is 0.333. The van der Waals surface area contributed by atoms with E-state index in [-0.39, 0.29) is 29.9 Å². The third-order valence-corrected chi connectivity index (χ3v) is 3.53. The Hall–Kier alpha value is -2.09.